The fourth-order valence-corrected chi connectivity index (χ4v) is 4.63. The second kappa shape index (κ2) is 9.87. The summed E-state index contributed by atoms with van der Waals surface area (Å²) >= 11 is 1.45. The highest BCUT2D eigenvalue weighted by atomic mass is 32.1. The Bertz CT molecular complexity index is 1160. The molecule has 1 N–H and O–H groups in total. The van der Waals surface area contributed by atoms with Gasteiger partial charge in [0.05, 0.1) is 43.9 Å². The Kier molecular flexibility index (Phi) is 6.74. The molecule has 0 spiro atoms. The number of esters is 1. The van der Waals surface area contributed by atoms with E-state index in [1.165, 1.54) is 11.3 Å². The van der Waals surface area contributed by atoms with E-state index < -0.39 is 17.9 Å². The zero-order valence-corrected chi connectivity index (χ0v) is 19.2. The Morgan fingerprint density at radius 3 is 2.58 bits per heavy atom. The molecule has 8 heteroatoms. The van der Waals surface area contributed by atoms with Crippen molar-refractivity contribution in [3.05, 3.63) is 81.5 Å². The van der Waals surface area contributed by atoms with Crippen molar-refractivity contribution in [1.29, 1.82) is 0 Å². The van der Waals surface area contributed by atoms with E-state index in [9.17, 15) is 14.4 Å². The van der Waals surface area contributed by atoms with E-state index >= 15 is 0 Å². The molecule has 2 heterocycles. The van der Waals surface area contributed by atoms with Crippen molar-refractivity contribution in [2.45, 2.75) is 25.9 Å². The Morgan fingerprint density at radius 1 is 1.12 bits per heavy atom. The molecule has 1 aliphatic heterocycles. The number of thiophene rings is 1. The molecule has 2 aromatic carbocycles. The van der Waals surface area contributed by atoms with Gasteiger partial charge < -0.3 is 19.7 Å². The third-order valence-electron chi connectivity index (χ3n) is 5.44. The van der Waals surface area contributed by atoms with Gasteiger partial charge in [-0.2, -0.15) is 0 Å². The maximum Gasteiger partial charge on any atom is 0.308 e. The maximum atomic E-state index is 13.3. The number of hydrogen-bond donors (Lipinski definition) is 1. The van der Waals surface area contributed by atoms with Crippen LogP contribution in [0.2, 0.25) is 0 Å². The normalized spacial score (nSPS) is 13.4. The molecule has 1 aromatic heterocycles. The molecule has 0 radical (unpaired) electrons. The first-order valence-electron chi connectivity index (χ1n) is 10.6. The van der Waals surface area contributed by atoms with Crippen LogP contribution in [0.25, 0.3) is 0 Å². The Balaban J connectivity index is 1.58. The number of nitrogens with one attached hydrogen (secondary N) is 1. The number of anilines is 1. The third kappa shape index (κ3) is 4.75. The van der Waals surface area contributed by atoms with Gasteiger partial charge in [0.2, 0.25) is 0 Å². The predicted molar refractivity (Wildman–Crippen MR) is 126 cm³/mol. The molecule has 2 amide bonds. The summed E-state index contributed by atoms with van der Waals surface area (Å²) in [5.41, 5.74) is 2.18. The van der Waals surface area contributed by atoms with Crippen molar-refractivity contribution in [3.63, 3.8) is 0 Å². The van der Waals surface area contributed by atoms with Crippen LogP contribution in [0.15, 0.2) is 60.0 Å². The summed E-state index contributed by atoms with van der Waals surface area (Å²) in [5.74, 6) is -0.334. The molecule has 0 unspecified atom stereocenters. The van der Waals surface area contributed by atoms with Crippen molar-refractivity contribution in [1.82, 2.24) is 5.32 Å². The van der Waals surface area contributed by atoms with Gasteiger partial charge in [-0.1, -0.05) is 18.2 Å². The minimum Gasteiger partial charge on any atom is -0.497 e. The van der Waals surface area contributed by atoms with E-state index in [0.717, 1.165) is 16.1 Å². The molecule has 4 rings (SSSR count). The molecule has 7 nitrogen and oxygen atoms in total. The van der Waals surface area contributed by atoms with E-state index in [-0.39, 0.29) is 18.9 Å². The van der Waals surface area contributed by atoms with Crippen LogP contribution in [0.3, 0.4) is 0 Å². The molecule has 0 aliphatic carbocycles. The molecule has 0 saturated heterocycles. The average molecular weight is 465 g/mol. The SMILES string of the molecule is CCOC(=O)C[C@H](NC(=O)c1cccc2c1C(=O)N(c1ccc(OC)cc1)C2)c1cccs1. The number of benzene rings is 2. The molecule has 1 atom stereocenters. The lowest BCUT2D eigenvalue weighted by atomic mass is 10.0. The van der Waals surface area contributed by atoms with Gasteiger partial charge in [-0.15, -0.1) is 11.3 Å². The number of methoxy groups -OCH3 is 1. The van der Waals surface area contributed by atoms with Crippen molar-refractivity contribution >= 4 is 34.8 Å². The number of carbonyl (C=O) groups excluding carboxylic acids is 3. The summed E-state index contributed by atoms with van der Waals surface area (Å²) in [6.07, 6.45) is 0.0149. The minimum absolute atomic E-state index is 0.0149. The summed E-state index contributed by atoms with van der Waals surface area (Å²) in [6.45, 7) is 2.38. The molecule has 0 bridgehead atoms. The van der Waals surface area contributed by atoms with Crippen molar-refractivity contribution in [2.24, 2.45) is 0 Å². The monoisotopic (exact) mass is 464 g/mol. The molecule has 33 heavy (non-hydrogen) atoms. The van der Waals surface area contributed by atoms with Crippen molar-refractivity contribution in [3.8, 4) is 5.75 Å². The first kappa shape index (κ1) is 22.5. The van der Waals surface area contributed by atoms with Crippen LogP contribution in [0.4, 0.5) is 5.69 Å². The molecular formula is C25H24N2O5S. The van der Waals surface area contributed by atoms with Gasteiger partial charge in [-0.25, -0.2) is 0 Å². The van der Waals surface area contributed by atoms with Gasteiger partial charge in [0.1, 0.15) is 5.75 Å². The quantitative estimate of drug-likeness (QED) is 0.501. The smallest absolute Gasteiger partial charge is 0.308 e. The third-order valence-corrected chi connectivity index (χ3v) is 6.42. The van der Waals surface area contributed by atoms with E-state index in [1.54, 1.807) is 43.2 Å². The van der Waals surface area contributed by atoms with Gasteiger partial charge in [-0.05, 0) is 54.3 Å². The zero-order chi connectivity index (χ0) is 23.4. The van der Waals surface area contributed by atoms with Crippen LogP contribution in [-0.4, -0.2) is 31.5 Å². The summed E-state index contributed by atoms with van der Waals surface area (Å²) in [4.78, 5) is 41.2. The lowest BCUT2D eigenvalue weighted by Gasteiger charge is -2.18. The van der Waals surface area contributed by atoms with Crippen molar-refractivity contribution < 1.29 is 23.9 Å². The standard InChI is InChI=1S/C25H24N2O5S/c1-3-32-22(28)14-20(21-8-5-13-33-21)26-24(29)19-7-4-6-16-15-27(25(30)23(16)19)17-9-11-18(31-2)12-10-17/h4-13,20H,3,14-15H2,1-2H3,(H,26,29)/t20-/m0/s1. The van der Waals surface area contributed by atoms with E-state index in [1.807, 2.05) is 35.7 Å². The first-order chi connectivity index (χ1) is 16.0. The highest BCUT2D eigenvalue weighted by Gasteiger charge is 2.33. The highest BCUT2D eigenvalue weighted by Crippen LogP contribution is 2.32. The van der Waals surface area contributed by atoms with Crippen LogP contribution in [0, 0.1) is 0 Å². The second-order valence-corrected chi connectivity index (χ2v) is 8.46. The average Bonchev–Trinajstić information content (AvgIpc) is 3.47. The van der Waals surface area contributed by atoms with Crippen LogP contribution in [0.1, 0.15) is 50.5 Å². The number of carbonyl (C=O) groups is 3. The Hall–Kier alpha value is -3.65. The molecule has 0 fully saturated rings. The molecular weight excluding hydrogens is 440 g/mol. The van der Waals surface area contributed by atoms with Gasteiger partial charge in [0.25, 0.3) is 11.8 Å². The lowest BCUT2D eigenvalue weighted by molar-refractivity contribution is -0.143. The summed E-state index contributed by atoms with van der Waals surface area (Å²) in [6, 6.07) is 15.7. The molecule has 170 valence electrons. The van der Waals surface area contributed by atoms with Crippen molar-refractivity contribution in [2.75, 3.05) is 18.6 Å². The number of rotatable bonds is 8. The second-order valence-electron chi connectivity index (χ2n) is 7.48. The van der Waals surface area contributed by atoms with E-state index in [4.69, 9.17) is 9.47 Å². The summed E-state index contributed by atoms with van der Waals surface area (Å²) < 4.78 is 10.3. The molecule has 3 aromatic rings. The van der Waals surface area contributed by atoms with Crippen LogP contribution in [0.5, 0.6) is 5.75 Å². The van der Waals surface area contributed by atoms with Crippen LogP contribution < -0.4 is 15.0 Å². The summed E-state index contributed by atoms with van der Waals surface area (Å²) in [5, 5.41) is 4.81. The number of ether oxygens (including phenoxy) is 2. The number of hydrogen-bond acceptors (Lipinski definition) is 6. The lowest BCUT2D eigenvalue weighted by Crippen LogP contribution is -2.32. The Labute approximate surface area is 195 Å². The van der Waals surface area contributed by atoms with Gasteiger partial charge >= 0.3 is 5.97 Å². The first-order valence-corrected chi connectivity index (χ1v) is 11.5. The fourth-order valence-electron chi connectivity index (χ4n) is 3.86. The summed E-state index contributed by atoms with van der Waals surface area (Å²) in [7, 11) is 1.59. The topological polar surface area (TPSA) is 84.9 Å². The fraction of sp³-hybridized carbons (Fsp3) is 0.240. The number of amides is 2. The highest BCUT2D eigenvalue weighted by molar-refractivity contribution is 7.10. The van der Waals surface area contributed by atoms with E-state index in [2.05, 4.69) is 5.32 Å². The Morgan fingerprint density at radius 2 is 1.91 bits per heavy atom. The van der Waals surface area contributed by atoms with E-state index in [0.29, 0.717) is 23.4 Å². The van der Waals surface area contributed by atoms with Crippen LogP contribution in [-0.2, 0) is 16.1 Å². The maximum absolute atomic E-state index is 13.3. The van der Waals surface area contributed by atoms with Gasteiger partial charge in [0, 0.05) is 10.6 Å². The molecule has 0 saturated carbocycles. The zero-order valence-electron chi connectivity index (χ0n) is 18.4. The van der Waals surface area contributed by atoms with Gasteiger partial charge in [0.15, 0.2) is 0 Å². The number of nitrogens with zero attached hydrogens (tertiary/aromatic N) is 1. The minimum atomic E-state index is -0.540. The van der Waals surface area contributed by atoms with Gasteiger partial charge in [-0.3, -0.25) is 14.4 Å². The van der Waals surface area contributed by atoms with Crippen LogP contribution >= 0.6 is 11.3 Å². The molecule has 1 aliphatic rings. The number of fused-ring (bicyclic) bond motifs is 1. The largest absolute Gasteiger partial charge is 0.497 e. The predicted octanol–water partition coefficient (Wildman–Crippen LogP) is 4.34.